The summed E-state index contributed by atoms with van der Waals surface area (Å²) in [5.74, 6) is 0.0704. The van der Waals surface area contributed by atoms with Crippen molar-refractivity contribution in [1.29, 1.82) is 0 Å². The van der Waals surface area contributed by atoms with Gasteiger partial charge in [-0.2, -0.15) is 0 Å². The van der Waals surface area contributed by atoms with Crippen LogP contribution in [-0.4, -0.2) is 15.8 Å². The molecule has 0 aliphatic carbocycles. The SMILES string of the molecule is O=C(Nc1ccc(-c2nc3ccccc3o2)cc1)c1cccc([N+](=O)[O-])c1. The second-order valence-corrected chi connectivity index (χ2v) is 5.83. The predicted octanol–water partition coefficient (Wildman–Crippen LogP) is 4.66. The van der Waals surface area contributed by atoms with Gasteiger partial charge in [-0.3, -0.25) is 14.9 Å². The van der Waals surface area contributed by atoms with E-state index in [1.165, 1.54) is 24.3 Å². The normalized spacial score (nSPS) is 10.7. The lowest BCUT2D eigenvalue weighted by Crippen LogP contribution is -2.11. The van der Waals surface area contributed by atoms with Gasteiger partial charge in [0.1, 0.15) is 5.52 Å². The zero-order chi connectivity index (χ0) is 18.8. The van der Waals surface area contributed by atoms with E-state index in [1.54, 1.807) is 24.3 Å². The van der Waals surface area contributed by atoms with Gasteiger partial charge >= 0.3 is 0 Å². The Bertz CT molecular complexity index is 1120. The van der Waals surface area contributed by atoms with Crippen molar-refractivity contribution < 1.29 is 14.1 Å². The molecule has 7 nitrogen and oxygen atoms in total. The van der Waals surface area contributed by atoms with Crippen LogP contribution in [0.4, 0.5) is 11.4 Å². The molecule has 1 N–H and O–H groups in total. The minimum atomic E-state index is -0.536. The van der Waals surface area contributed by atoms with Crippen LogP contribution in [0.3, 0.4) is 0 Å². The van der Waals surface area contributed by atoms with Gasteiger partial charge in [-0.1, -0.05) is 18.2 Å². The number of amides is 1. The fourth-order valence-electron chi connectivity index (χ4n) is 2.66. The number of para-hydroxylation sites is 2. The molecule has 7 heteroatoms. The highest BCUT2D eigenvalue weighted by Gasteiger charge is 2.12. The van der Waals surface area contributed by atoms with Gasteiger partial charge in [0, 0.05) is 28.9 Å². The number of nitrogens with one attached hydrogen (secondary N) is 1. The van der Waals surface area contributed by atoms with E-state index in [-0.39, 0.29) is 11.3 Å². The quantitative estimate of drug-likeness (QED) is 0.422. The van der Waals surface area contributed by atoms with E-state index >= 15 is 0 Å². The molecule has 4 rings (SSSR count). The number of fused-ring (bicyclic) bond motifs is 1. The number of nitro benzene ring substituents is 1. The summed E-state index contributed by atoms with van der Waals surface area (Å²) in [6, 6.07) is 20.1. The number of nitro groups is 1. The molecule has 0 aliphatic rings. The minimum absolute atomic E-state index is 0.131. The molecule has 0 bridgehead atoms. The van der Waals surface area contributed by atoms with Gasteiger partial charge in [0.25, 0.3) is 11.6 Å². The smallest absolute Gasteiger partial charge is 0.270 e. The second-order valence-electron chi connectivity index (χ2n) is 5.83. The Hall–Kier alpha value is -4.00. The number of carbonyl (C=O) groups excluding carboxylic acids is 1. The van der Waals surface area contributed by atoms with Crippen LogP contribution in [0.2, 0.25) is 0 Å². The molecule has 0 unspecified atom stereocenters. The van der Waals surface area contributed by atoms with Crippen LogP contribution < -0.4 is 5.32 Å². The van der Waals surface area contributed by atoms with E-state index in [9.17, 15) is 14.9 Å². The van der Waals surface area contributed by atoms with Gasteiger partial charge in [0.2, 0.25) is 5.89 Å². The first-order valence-corrected chi connectivity index (χ1v) is 8.12. The van der Waals surface area contributed by atoms with Crippen LogP contribution >= 0.6 is 0 Å². The molecular weight excluding hydrogens is 346 g/mol. The third-order valence-electron chi connectivity index (χ3n) is 4.00. The molecule has 1 aromatic heterocycles. The fourth-order valence-corrected chi connectivity index (χ4v) is 2.66. The van der Waals surface area contributed by atoms with Crippen LogP contribution in [0.1, 0.15) is 10.4 Å². The summed E-state index contributed by atoms with van der Waals surface area (Å²) in [4.78, 5) is 27.0. The largest absolute Gasteiger partial charge is 0.436 e. The summed E-state index contributed by atoms with van der Waals surface area (Å²) in [6.07, 6.45) is 0. The Kier molecular flexibility index (Phi) is 4.10. The molecule has 0 radical (unpaired) electrons. The van der Waals surface area contributed by atoms with E-state index in [1.807, 2.05) is 24.3 Å². The van der Waals surface area contributed by atoms with Crippen molar-refractivity contribution in [3.8, 4) is 11.5 Å². The van der Waals surface area contributed by atoms with Gasteiger partial charge in [-0.05, 0) is 42.5 Å². The molecule has 0 spiro atoms. The summed E-state index contributed by atoms with van der Waals surface area (Å²) >= 11 is 0. The number of rotatable bonds is 4. The Morgan fingerprint density at radius 1 is 1.00 bits per heavy atom. The highest BCUT2D eigenvalue weighted by atomic mass is 16.6. The van der Waals surface area contributed by atoms with Crippen LogP contribution in [0.5, 0.6) is 0 Å². The zero-order valence-electron chi connectivity index (χ0n) is 14.0. The summed E-state index contributed by atoms with van der Waals surface area (Å²) in [5.41, 5.74) is 2.90. The first-order valence-electron chi connectivity index (χ1n) is 8.12. The van der Waals surface area contributed by atoms with Gasteiger partial charge < -0.3 is 9.73 Å². The lowest BCUT2D eigenvalue weighted by molar-refractivity contribution is -0.384. The van der Waals surface area contributed by atoms with E-state index < -0.39 is 10.8 Å². The Morgan fingerprint density at radius 2 is 1.78 bits per heavy atom. The number of hydrogen-bond donors (Lipinski definition) is 1. The first kappa shape index (κ1) is 16.5. The van der Waals surface area contributed by atoms with E-state index in [4.69, 9.17) is 4.42 Å². The Morgan fingerprint density at radius 3 is 2.52 bits per heavy atom. The van der Waals surface area contributed by atoms with Crippen LogP contribution in [0, 0.1) is 10.1 Å². The van der Waals surface area contributed by atoms with E-state index in [2.05, 4.69) is 10.3 Å². The summed E-state index contributed by atoms with van der Waals surface area (Å²) in [7, 11) is 0. The maximum atomic E-state index is 12.3. The molecular formula is C20H13N3O4. The van der Waals surface area contributed by atoms with E-state index in [0.717, 1.165) is 11.1 Å². The van der Waals surface area contributed by atoms with E-state index in [0.29, 0.717) is 17.2 Å². The first-order chi connectivity index (χ1) is 13.1. The average Bonchev–Trinajstić information content (AvgIpc) is 3.13. The predicted molar refractivity (Wildman–Crippen MR) is 100 cm³/mol. The number of anilines is 1. The third-order valence-corrected chi connectivity index (χ3v) is 4.00. The molecule has 1 amide bonds. The molecule has 0 fully saturated rings. The maximum absolute atomic E-state index is 12.3. The van der Waals surface area contributed by atoms with Crippen LogP contribution in [0.15, 0.2) is 77.2 Å². The molecule has 27 heavy (non-hydrogen) atoms. The Balaban J connectivity index is 1.53. The number of hydrogen-bond acceptors (Lipinski definition) is 5. The molecule has 3 aromatic carbocycles. The number of aromatic nitrogens is 1. The number of benzene rings is 3. The summed E-state index contributed by atoms with van der Waals surface area (Å²) < 4.78 is 5.72. The van der Waals surface area contributed by atoms with Crippen LogP contribution in [0.25, 0.3) is 22.6 Å². The Labute approximate surface area is 153 Å². The van der Waals surface area contributed by atoms with Gasteiger partial charge in [-0.25, -0.2) is 4.98 Å². The molecule has 0 atom stereocenters. The summed E-state index contributed by atoms with van der Waals surface area (Å²) in [6.45, 7) is 0. The molecule has 0 saturated carbocycles. The standard InChI is InChI=1S/C20H13N3O4/c24-19(14-4-3-5-16(12-14)23(25)26)21-15-10-8-13(9-11-15)20-22-17-6-1-2-7-18(17)27-20/h1-12H,(H,21,24). The highest BCUT2D eigenvalue weighted by molar-refractivity contribution is 6.04. The molecule has 0 saturated heterocycles. The van der Waals surface area contributed by atoms with Crippen molar-refractivity contribution in [2.24, 2.45) is 0 Å². The minimum Gasteiger partial charge on any atom is -0.436 e. The van der Waals surface area contributed by atoms with Gasteiger partial charge in [0.05, 0.1) is 4.92 Å². The molecule has 0 aliphatic heterocycles. The van der Waals surface area contributed by atoms with Crippen molar-refractivity contribution in [2.75, 3.05) is 5.32 Å². The van der Waals surface area contributed by atoms with Crippen molar-refractivity contribution in [3.63, 3.8) is 0 Å². The van der Waals surface area contributed by atoms with Crippen molar-refractivity contribution >= 4 is 28.4 Å². The lowest BCUT2D eigenvalue weighted by Gasteiger charge is -2.05. The highest BCUT2D eigenvalue weighted by Crippen LogP contribution is 2.25. The lowest BCUT2D eigenvalue weighted by atomic mass is 10.1. The molecule has 132 valence electrons. The number of nitrogens with zero attached hydrogens (tertiary/aromatic N) is 2. The monoisotopic (exact) mass is 359 g/mol. The second kappa shape index (κ2) is 6.72. The molecule has 1 heterocycles. The maximum Gasteiger partial charge on any atom is 0.270 e. The number of oxazole rings is 1. The third kappa shape index (κ3) is 3.38. The van der Waals surface area contributed by atoms with Crippen molar-refractivity contribution in [1.82, 2.24) is 4.98 Å². The fraction of sp³-hybridized carbons (Fsp3) is 0. The van der Waals surface area contributed by atoms with Gasteiger partial charge in [-0.15, -0.1) is 0 Å². The van der Waals surface area contributed by atoms with Crippen LogP contribution in [-0.2, 0) is 0 Å². The average molecular weight is 359 g/mol. The number of non-ortho nitro benzene ring substituents is 1. The van der Waals surface area contributed by atoms with Crippen molar-refractivity contribution in [2.45, 2.75) is 0 Å². The summed E-state index contributed by atoms with van der Waals surface area (Å²) in [5, 5.41) is 13.5. The van der Waals surface area contributed by atoms with Crippen molar-refractivity contribution in [3.05, 3.63) is 88.5 Å². The molecule has 4 aromatic rings. The number of carbonyl (C=O) groups is 1. The topological polar surface area (TPSA) is 98.3 Å². The zero-order valence-corrected chi connectivity index (χ0v) is 14.0. The van der Waals surface area contributed by atoms with Gasteiger partial charge in [0.15, 0.2) is 5.58 Å².